The number of amides is 1. The van der Waals surface area contributed by atoms with Crippen molar-refractivity contribution in [3.63, 3.8) is 0 Å². The number of aromatic nitrogens is 2. The largest absolute Gasteiger partial charge is 0.352 e. The van der Waals surface area contributed by atoms with Crippen LogP contribution < -0.4 is 11.1 Å². The molecule has 0 aliphatic rings. The van der Waals surface area contributed by atoms with Crippen LogP contribution in [0.2, 0.25) is 0 Å². The molecule has 0 aliphatic carbocycles. The Hall–Kier alpha value is -1.30. The molecule has 5 nitrogen and oxygen atoms in total. The third kappa shape index (κ3) is 5.83. The molecule has 2 rings (SSSR count). The van der Waals surface area contributed by atoms with E-state index in [1.54, 1.807) is 0 Å². The molecule has 2 heterocycles. The van der Waals surface area contributed by atoms with Gasteiger partial charge in [0.2, 0.25) is 5.91 Å². The molecule has 0 spiro atoms. The van der Waals surface area contributed by atoms with Crippen molar-refractivity contribution in [2.75, 3.05) is 6.54 Å². The quantitative estimate of drug-likeness (QED) is 0.808. The Bertz CT molecular complexity index is 540. The standard InChI is InChI=1S/C15H22N4O.2ClH/c1-2-3-6-12(10-16)18-15(20)9-13-11-19-8-5-4-7-14(19)17-13;;/h4-5,7-8,11-12H,2-3,6,9-10,16H2,1H3,(H,18,20);2*1H. The molecule has 124 valence electrons. The summed E-state index contributed by atoms with van der Waals surface area (Å²) in [6, 6.07) is 5.86. The van der Waals surface area contributed by atoms with Gasteiger partial charge >= 0.3 is 0 Å². The second-order valence-corrected chi connectivity index (χ2v) is 5.02. The van der Waals surface area contributed by atoms with Crippen LogP contribution in [0, 0.1) is 0 Å². The van der Waals surface area contributed by atoms with Crippen molar-refractivity contribution in [1.82, 2.24) is 14.7 Å². The fraction of sp³-hybridized carbons (Fsp3) is 0.467. The third-order valence-electron chi connectivity index (χ3n) is 3.31. The zero-order chi connectivity index (χ0) is 14.4. The third-order valence-corrected chi connectivity index (χ3v) is 3.31. The van der Waals surface area contributed by atoms with Crippen molar-refractivity contribution in [1.29, 1.82) is 0 Å². The predicted octanol–water partition coefficient (Wildman–Crippen LogP) is 2.35. The topological polar surface area (TPSA) is 72.4 Å². The lowest BCUT2D eigenvalue weighted by atomic mass is 10.1. The normalized spacial score (nSPS) is 11.4. The van der Waals surface area contributed by atoms with Crippen LogP contribution in [-0.4, -0.2) is 27.9 Å². The van der Waals surface area contributed by atoms with Crippen molar-refractivity contribution in [2.24, 2.45) is 5.73 Å². The first-order valence-corrected chi connectivity index (χ1v) is 7.15. The zero-order valence-electron chi connectivity index (χ0n) is 12.7. The van der Waals surface area contributed by atoms with Gasteiger partial charge in [-0.2, -0.15) is 0 Å². The molecule has 0 bridgehead atoms. The lowest BCUT2D eigenvalue weighted by Gasteiger charge is -2.15. The van der Waals surface area contributed by atoms with Gasteiger partial charge in [0.1, 0.15) is 5.65 Å². The minimum Gasteiger partial charge on any atom is -0.352 e. The molecule has 2 aromatic heterocycles. The number of rotatable bonds is 7. The van der Waals surface area contributed by atoms with Crippen LogP contribution in [0.25, 0.3) is 5.65 Å². The van der Waals surface area contributed by atoms with Gasteiger partial charge in [0, 0.05) is 25.0 Å². The SMILES string of the molecule is CCCCC(CN)NC(=O)Cc1cn2ccccc2n1.Cl.Cl. The molecule has 1 amide bonds. The first kappa shape index (κ1) is 20.7. The second kappa shape index (κ2) is 10.4. The molecular weight excluding hydrogens is 323 g/mol. The predicted molar refractivity (Wildman–Crippen MR) is 93.9 cm³/mol. The van der Waals surface area contributed by atoms with Crippen molar-refractivity contribution >= 4 is 36.4 Å². The van der Waals surface area contributed by atoms with E-state index in [1.807, 2.05) is 35.0 Å². The van der Waals surface area contributed by atoms with Crippen LogP contribution in [0.3, 0.4) is 0 Å². The van der Waals surface area contributed by atoms with Gasteiger partial charge in [0.05, 0.1) is 12.1 Å². The summed E-state index contributed by atoms with van der Waals surface area (Å²) < 4.78 is 1.92. The fourth-order valence-electron chi connectivity index (χ4n) is 2.22. The van der Waals surface area contributed by atoms with Gasteiger partial charge in [-0.25, -0.2) is 4.98 Å². The highest BCUT2D eigenvalue weighted by molar-refractivity contribution is 5.85. The van der Waals surface area contributed by atoms with Gasteiger partial charge < -0.3 is 15.5 Å². The maximum Gasteiger partial charge on any atom is 0.226 e. The summed E-state index contributed by atoms with van der Waals surface area (Å²) in [6.45, 7) is 2.61. The minimum absolute atomic E-state index is 0. The summed E-state index contributed by atoms with van der Waals surface area (Å²) in [7, 11) is 0. The number of hydrogen-bond acceptors (Lipinski definition) is 3. The number of carbonyl (C=O) groups is 1. The highest BCUT2D eigenvalue weighted by Crippen LogP contribution is 2.06. The smallest absolute Gasteiger partial charge is 0.226 e. The molecule has 0 saturated carbocycles. The lowest BCUT2D eigenvalue weighted by Crippen LogP contribution is -2.40. The molecular formula is C15H24Cl2N4O. The van der Waals surface area contributed by atoms with Gasteiger partial charge in [0.15, 0.2) is 0 Å². The number of imidazole rings is 1. The Morgan fingerprint density at radius 3 is 2.82 bits per heavy atom. The Morgan fingerprint density at radius 2 is 2.18 bits per heavy atom. The van der Waals surface area contributed by atoms with E-state index in [0.717, 1.165) is 30.6 Å². The number of hydrogen-bond donors (Lipinski definition) is 2. The van der Waals surface area contributed by atoms with E-state index in [9.17, 15) is 4.79 Å². The highest BCUT2D eigenvalue weighted by Gasteiger charge is 2.12. The molecule has 0 aliphatic heterocycles. The molecule has 0 saturated heterocycles. The number of unbranched alkanes of at least 4 members (excludes halogenated alkanes) is 1. The Balaban J connectivity index is 0.00000220. The summed E-state index contributed by atoms with van der Waals surface area (Å²) in [4.78, 5) is 16.4. The van der Waals surface area contributed by atoms with E-state index < -0.39 is 0 Å². The van der Waals surface area contributed by atoms with Gasteiger partial charge in [-0.3, -0.25) is 4.79 Å². The number of nitrogens with two attached hydrogens (primary N) is 1. The zero-order valence-corrected chi connectivity index (χ0v) is 14.3. The highest BCUT2D eigenvalue weighted by atomic mass is 35.5. The van der Waals surface area contributed by atoms with Crippen LogP contribution in [-0.2, 0) is 11.2 Å². The summed E-state index contributed by atoms with van der Waals surface area (Å²) >= 11 is 0. The lowest BCUT2D eigenvalue weighted by molar-refractivity contribution is -0.121. The second-order valence-electron chi connectivity index (χ2n) is 5.02. The van der Waals surface area contributed by atoms with Gasteiger partial charge in [-0.05, 0) is 18.6 Å². The van der Waals surface area contributed by atoms with E-state index >= 15 is 0 Å². The number of halogens is 2. The van der Waals surface area contributed by atoms with Crippen molar-refractivity contribution in [2.45, 2.75) is 38.6 Å². The molecule has 1 unspecified atom stereocenters. The first-order chi connectivity index (χ1) is 9.72. The van der Waals surface area contributed by atoms with Crippen molar-refractivity contribution in [3.05, 3.63) is 36.3 Å². The molecule has 0 fully saturated rings. The van der Waals surface area contributed by atoms with Crippen LogP contribution in [0.15, 0.2) is 30.6 Å². The molecule has 2 aromatic rings. The number of nitrogens with one attached hydrogen (secondary N) is 1. The summed E-state index contributed by atoms with van der Waals surface area (Å²) in [5.41, 5.74) is 7.32. The van der Waals surface area contributed by atoms with E-state index in [4.69, 9.17) is 5.73 Å². The van der Waals surface area contributed by atoms with Crippen LogP contribution >= 0.6 is 24.8 Å². The first-order valence-electron chi connectivity index (χ1n) is 7.15. The number of nitrogens with zero attached hydrogens (tertiary/aromatic N) is 2. The molecule has 0 aromatic carbocycles. The summed E-state index contributed by atoms with van der Waals surface area (Å²) in [5, 5.41) is 2.98. The van der Waals surface area contributed by atoms with E-state index in [2.05, 4.69) is 17.2 Å². The molecule has 1 atom stereocenters. The van der Waals surface area contributed by atoms with Crippen molar-refractivity contribution in [3.8, 4) is 0 Å². The monoisotopic (exact) mass is 346 g/mol. The van der Waals surface area contributed by atoms with Gasteiger partial charge in [-0.15, -0.1) is 24.8 Å². The summed E-state index contributed by atoms with van der Waals surface area (Å²) in [6.07, 6.45) is 7.23. The maximum atomic E-state index is 12.0. The average Bonchev–Trinajstić information content (AvgIpc) is 2.85. The van der Waals surface area contributed by atoms with Gasteiger partial charge in [0.25, 0.3) is 0 Å². The van der Waals surface area contributed by atoms with E-state index in [-0.39, 0.29) is 36.8 Å². The van der Waals surface area contributed by atoms with Crippen LogP contribution in [0.4, 0.5) is 0 Å². The minimum atomic E-state index is -0.0139. The average molecular weight is 347 g/mol. The number of fused-ring (bicyclic) bond motifs is 1. The van der Waals surface area contributed by atoms with Crippen LogP contribution in [0.1, 0.15) is 31.9 Å². The molecule has 22 heavy (non-hydrogen) atoms. The molecule has 7 heteroatoms. The number of pyridine rings is 1. The Kier molecular flexibility index (Phi) is 9.81. The Labute approximate surface area is 143 Å². The molecule has 0 radical (unpaired) electrons. The van der Waals surface area contributed by atoms with Gasteiger partial charge in [-0.1, -0.05) is 25.8 Å². The van der Waals surface area contributed by atoms with E-state index in [1.165, 1.54) is 0 Å². The van der Waals surface area contributed by atoms with Crippen LogP contribution in [0.5, 0.6) is 0 Å². The Morgan fingerprint density at radius 1 is 1.41 bits per heavy atom. The number of carbonyl (C=O) groups excluding carboxylic acids is 1. The van der Waals surface area contributed by atoms with Crippen molar-refractivity contribution < 1.29 is 4.79 Å². The van der Waals surface area contributed by atoms with E-state index in [0.29, 0.717) is 13.0 Å². The molecule has 3 N–H and O–H groups in total. The fourth-order valence-corrected chi connectivity index (χ4v) is 2.22. The maximum absolute atomic E-state index is 12.0. The summed E-state index contributed by atoms with van der Waals surface area (Å²) in [5.74, 6) is -0.0139.